The molecule has 1 aliphatic heterocycles. The molecule has 0 radical (unpaired) electrons. The van der Waals surface area contributed by atoms with Crippen molar-refractivity contribution in [2.75, 3.05) is 6.54 Å². The zero-order chi connectivity index (χ0) is 10.0. The van der Waals surface area contributed by atoms with Gasteiger partial charge >= 0.3 is 0 Å². The van der Waals surface area contributed by atoms with Crippen molar-refractivity contribution in [2.24, 2.45) is 0 Å². The molecule has 0 aromatic heterocycles. The van der Waals surface area contributed by atoms with Crippen molar-refractivity contribution in [1.82, 2.24) is 4.90 Å². The summed E-state index contributed by atoms with van der Waals surface area (Å²) in [5.41, 5.74) is 1.62. The van der Waals surface area contributed by atoms with Gasteiger partial charge in [0, 0.05) is 18.2 Å². The zero-order valence-corrected chi connectivity index (χ0v) is 8.13. The summed E-state index contributed by atoms with van der Waals surface area (Å²) in [7, 11) is 0. The SMILES string of the molecule is CC(C)=CCN1C(=O)C=C(C)C1=O. The summed E-state index contributed by atoms with van der Waals surface area (Å²) in [6.45, 7) is 5.91. The van der Waals surface area contributed by atoms with E-state index in [2.05, 4.69) is 0 Å². The number of carbonyl (C=O) groups excluding carboxylic acids is 2. The van der Waals surface area contributed by atoms with Crippen LogP contribution < -0.4 is 0 Å². The van der Waals surface area contributed by atoms with E-state index < -0.39 is 0 Å². The molecule has 1 aliphatic rings. The van der Waals surface area contributed by atoms with Crippen LogP contribution in [0.15, 0.2) is 23.3 Å². The first-order chi connectivity index (χ1) is 6.02. The van der Waals surface area contributed by atoms with E-state index in [9.17, 15) is 9.59 Å². The highest BCUT2D eigenvalue weighted by Gasteiger charge is 2.26. The molecule has 3 heteroatoms. The molecular weight excluding hydrogens is 166 g/mol. The molecule has 1 rings (SSSR count). The van der Waals surface area contributed by atoms with Crippen molar-refractivity contribution >= 4 is 11.8 Å². The number of amides is 2. The minimum absolute atomic E-state index is 0.178. The van der Waals surface area contributed by atoms with E-state index in [-0.39, 0.29) is 11.8 Å². The Morgan fingerprint density at radius 1 is 1.46 bits per heavy atom. The molecular formula is C10H13NO2. The number of imide groups is 1. The number of hydrogen-bond donors (Lipinski definition) is 0. The smallest absolute Gasteiger partial charge is 0.256 e. The lowest BCUT2D eigenvalue weighted by molar-refractivity contribution is -0.136. The van der Waals surface area contributed by atoms with Crippen molar-refractivity contribution in [3.8, 4) is 0 Å². The summed E-state index contributed by atoms with van der Waals surface area (Å²) in [4.78, 5) is 23.8. The first kappa shape index (κ1) is 9.71. The molecule has 0 saturated heterocycles. The van der Waals surface area contributed by atoms with Crippen molar-refractivity contribution in [3.05, 3.63) is 23.3 Å². The van der Waals surface area contributed by atoms with Crippen LogP contribution in [0.1, 0.15) is 20.8 Å². The van der Waals surface area contributed by atoms with Gasteiger partial charge in [-0.1, -0.05) is 11.6 Å². The van der Waals surface area contributed by atoms with Crippen molar-refractivity contribution in [1.29, 1.82) is 0 Å². The minimum Gasteiger partial charge on any atom is -0.271 e. The highest BCUT2D eigenvalue weighted by molar-refractivity contribution is 6.15. The van der Waals surface area contributed by atoms with Gasteiger partial charge in [0.25, 0.3) is 11.8 Å². The Bertz CT molecular complexity index is 309. The molecule has 0 atom stereocenters. The fraction of sp³-hybridized carbons (Fsp3) is 0.400. The van der Waals surface area contributed by atoms with E-state index in [0.717, 1.165) is 5.57 Å². The normalized spacial score (nSPS) is 16.2. The number of nitrogens with zero attached hydrogens (tertiary/aromatic N) is 1. The third-order valence-electron chi connectivity index (χ3n) is 1.87. The molecule has 0 N–H and O–H groups in total. The first-order valence-corrected chi connectivity index (χ1v) is 4.20. The molecule has 0 fully saturated rings. The molecule has 0 aromatic carbocycles. The molecule has 0 saturated carbocycles. The topological polar surface area (TPSA) is 37.4 Å². The van der Waals surface area contributed by atoms with Gasteiger partial charge in [-0.3, -0.25) is 14.5 Å². The van der Waals surface area contributed by atoms with Crippen LogP contribution in [0, 0.1) is 0 Å². The number of hydrogen-bond acceptors (Lipinski definition) is 2. The average molecular weight is 179 g/mol. The Balaban J connectivity index is 2.70. The van der Waals surface area contributed by atoms with E-state index in [0.29, 0.717) is 12.1 Å². The van der Waals surface area contributed by atoms with E-state index in [1.807, 2.05) is 19.9 Å². The van der Waals surface area contributed by atoms with E-state index in [4.69, 9.17) is 0 Å². The third-order valence-corrected chi connectivity index (χ3v) is 1.87. The van der Waals surface area contributed by atoms with Crippen molar-refractivity contribution in [2.45, 2.75) is 20.8 Å². The summed E-state index contributed by atoms with van der Waals surface area (Å²) in [5.74, 6) is -0.387. The largest absolute Gasteiger partial charge is 0.271 e. The average Bonchev–Trinajstić information content (AvgIpc) is 2.24. The second kappa shape index (κ2) is 3.56. The van der Waals surface area contributed by atoms with Gasteiger partial charge in [-0.25, -0.2) is 0 Å². The van der Waals surface area contributed by atoms with Gasteiger partial charge < -0.3 is 0 Å². The molecule has 0 aromatic rings. The summed E-state index contributed by atoms with van der Waals surface area (Å²) >= 11 is 0. The van der Waals surface area contributed by atoms with Crippen LogP contribution in [0.5, 0.6) is 0 Å². The highest BCUT2D eigenvalue weighted by atomic mass is 16.2. The zero-order valence-electron chi connectivity index (χ0n) is 8.13. The van der Waals surface area contributed by atoms with Gasteiger partial charge in [0.2, 0.25) is 0 Å². The monoisotopic (exact) mass is 179 g/mol. The van der Waals surface area contributed by atoms with Gasteiger partial charge in [-0.15, -0.1) is 0 Å². The molecule has 0 spiro atoms. The number of allylic oxidation sites excluding steroid dienone is 1. The van der Waals surface area contributed by atoms with Crippen LogP contribution in [-0.2, 0) is 9.59 Å². The molecule has 0 unspecified atom stereocenters. The summed E-state index contributed by atoms with van der Waals surface area (Å²) in [5, 5.41) is 0. The Morgan fingerprint density at radius 3 is 2.46 bits per heavy atom. The molecule has 0 bridgehead atoms. The Hall–Kier alpha value is -1.38. The fourth-order valence-electron chi connectivity index (χ4n) is 1.08. The van der Waals surface area contributed by atoms with E-state index >= 15 is 0 Å². The lowest BCUT2D eigenvalue weighted by atomic mass is 10.3. The molecule has 0 aliphatic carbocycles. The van der Waals surface area contributed by atoms with Crippen LogP contribution in [0.4, 0.5) is 0 Å². The lowest BCUT2D eigenvalue weighted by Crippen LogP contribution is -2.30. The predicted molar refractivity (Wildman–Crippen MR) is 49.9 cm³/mol. The van der Waals surface area contributed by atoms with Crippen molar-refractivity contribution < 1.29 is 9.59 Å². The quantitative estimate of drug-likeness (QED) is 0.473. The van der Waals surface area contributed by atoms with Crippen molar-refractivity contribution in [3.63, 3.8) is 0 Å². The van der Waals surface area contributed by atoms with Crippen LogP contribution >= 0.6 is 0 Å². The highest BCUT2D eigenvalue weighted by Crippen LogP contribution is 2.11. The Kier molecular flexibility index (Phi) is 2.66. The van der Waals surface area contributed by atoms with E-state index in [1.165, 1.54) is 11.0 Å². The maximum atomic E-state index is 11.3. The second-order valence-corrected chi connectivity index (χ2v) is 3.36. The summed E-state index contributed by atoms with van der Waals surface area (Å²) in [6.07, 6.45) is 3.24. The van der Waals surface area contributed by atoms with Crippen LogP contribution in [0.3, 0.4) is 0 Å². The maximum absolute atomic E-state index is 11.3. The molecule has 1 heterocycles. The molecule has 2 amide bonds. The Morgan fingerprint density at radius 2 is 2.08 bits per heavy atom. The minimum atomic E-state index is -0.208. The predicted octanol–water partition coefficient (Wildman–Crippen LogP) is 1.27. The first-order valence-electron chi connectivity index (χ1n) is 4.20. The molecule has 3 nitrogen and oxygen atoms in total. The molecule has 70 valence electrons. The number of rotatable bonds is 2. The van der Waals surface area contributed by atoms with Gasteiger partial charge in [0.1, 0.15) is 0 Å². The summed E-state index contributed by atoms with van der Waals surface area (Å²) in [6, 6.07) is 0. The second-order valence-electron chi connectivity index (χ2n) is 3.36. The standard InChI is InChI=1S/C10H13NO2/c1-7(2)4-5-11-9(12)6-8(3)10(11)13/h4,6H,5H2,1-3H3. The van der Waals surface area contributed by atoms with Crippen LogP contribution in [0.25, 0.3) is 0 Å². The Labute approximate surface area is 77.7 Å². The third kappa shape index (κ3) is 2.05. The molecule has 13 heavy (non-hydrogen) atoms. The van der Waals surface area contributed by atoms with Gasteiger partial charge in [0.05, 0.1) is 0 Å². The van der Waals surface area contributed by atoms with Crippen LogP contribution in [-0.4, -0.2) is 23.3 Å². The van der Waals surface area contributed by atoms with Crippen LogP contribution in [0.2, 0.25) is 0 Å². The van der Waals surface area contributed by atoms with E-state index in [1.54, 1.807) is 6.92 Å². The van der Waals surface area contributed by atoms with Gasteiger partial charge in [-0.05, 0) is 20.8 Å². The number of carbonyl (C=O) groups is 2. The lowest BCUT2D eigenvalue weighted by Gasteiger charge is -2.11. The van der Waals surface area contributed by atoms with Gasteiger partial charge in [0.15, 0.2) is 0 Å². The summed E-state index contributed by atoms with van der Waals surface area (Å²) < 4.78 is 0. The maximum Gasteiger partial charge on any atom is 0.256 e. The van der Waals surface area contributed by atoms with Gasteiger partial charge in [-0.2, -0.15) is 0 Å². The fourth-order valence-corrected chi connectivity index (χ4v) is 1.08.